The number of alkyl carbamates (subject to hydrolysis) is 1. The van der Waals surface area contributed by atoms with Crippen molar-refractivity contribution < 1.29 is 81.7 Å². The molecule has 19 nitrogen and oxygen atoms in total. The molecule has 69 heavy (non-hydrogen) atoms. The molecule has 19 heteroatoms. The molecule has 0 aromatic heterocycles. The lowest BCUT2D eigenvalue weighted by Crippen LogP contribution is -2.82. The van der Waals surface area contributed by atoms with Crippen molar-refractivity contribution in [3.8, 4) is 0 Å². The Morgan fingerprint density at radius 2 is 1.55 bits per heavy atom. The first-order valence-electron chi connectivity index (χ1n) is 22.7. The Morgan fingerprint density at radius 1 is 0.928 bits per heavy atom. The van der Waals surface area contributed by atoms with E-state index in [4.69, 9.17) is 37.9 Å². The summed E-state index contributed by atoms with van der Waals surface area (Å²) in [6, 6.07) is 14.5. The number of ketones is 1. The summed E-state index contributed by atoms with van der Waals surface area (Å²) in [7, 11) is 4.08. The predicted octanol–water partition coefficient (Wildman–Crippen LogP) is 4.14. The van der Waals surface area contributed by atoms with Crippen LogP contribution in [-0.4, -0.2) is 151 Å². The Morgan fingerprint density at radius 3 is 2.09 bits per heavy atom. The number of carboxylic acid groups (broad SMARTS) is 1. The van der Waals surface area contributed by atoms with Gasteiger partial charge in [-0.2, -0.15) is 0 Å². The van der Waals surface area contributed by atoms with Gasteiger partial charge in [-0.15, -0.1) is 0 Å². The average molecular weight is 965 g/mol. The van der Waals surface area contributed by atoms with Crippen LogP contribution < -0.4 is 5.32 Å². The molecule has 0 unspecified atom stereocenters. The standard InChI is InChI=1S/C50H64N2O17/c1-27-31(65-44(59)39(66-35(56)25-52(9)24-34(54)55)37(29-18-14-12-15-19-29)51-45(60)69-46(3,4)5)23-50(61)42(67-43(58)30-20-16-13-17-21-30)40-48(8,41(57)38(63-11)36(27)47(50,6)7)32(62-10)22-33-49(40,26-64-33)68-28(2)53/h12-21,31-33,37-40,42,61H,22-26H2,1-11H3,(H,51,60)(H,54,55)/t31-,32-,33+,37-,38+,39+,40-,42-,48+,49-,50+/m0/s1. The van der Waals surface area contributed by atoms with Gasteiger partial charge in [-0.3, -0.25) is 24.1 Å². The molecule has 1 aliphatic heterocycles. The van der Waals surface area contributed by atoms with E-state index in [1.165, 1.54) is 40.3 Å². The van der Waals surface area contributed by atoms with Gasteiger partial charge in [0, 0.05) is 39.4 Å². The number of Topliss-reactive ketones (excluding diaryl/α,β-unsaturated/α-hetero) is 1. The van der Waals surface area contributed by atoms with Gasteiger partial charge < -0.3 is 53.4 Å². The lowest BCUT2D eigenvalue weighted by molar-refractivity contribution is -0.347. The Balaban J connectivity index is 1.55. The molecule has 11 atom stereocenters. The number of aliphatic hydroxyl groups is 1. The average Bonchev–Trinajstić information content (AvgIpc) is 3.25. The van der Waals surface area contributed by atoms with Crippen LogP contribution in [-0.2, 0) is 61.9 Å². The van der Waals surface area contributed by atoms with Gasteiger partial charge in [-0.25, -0.2) is 14.4 Å². The summed E-state index contributed by atoms with van der Waals surface area (Å²) in [5, 5.41) is 26.0. The van der Waals surface area contributed by atoms with Gasteiger partial charge in [0.1, 0.15) is 41.7 Å². The fourth-order valence-electron chi connectivity index (χ4n) is 10.9. The number of hydrogen-bond donors (Lipinski definition) is 3. The van der Waals surface area contributed by atoms with Crippen LogP contribution in [0.25, 0.3) is 0 Å². The maximum atomic E-state index is 15.8. The Labute approximate surface area is 401 Å². The van der Waals surface area contributed by atoms with Crippen LogP contribution in [0.15, 0.2) is 71.8 Å². The van der Waals surface area contributed by atoms with Crippen LogP contribution in [0.3, 0.4) is 0 Å². The van der Waals surface area contributed by atoms with Crippen LogP contribution in [0.4, 0.5) is 4.79 Å². The van der Waals surface area contributed by atoms with Gasteiger partial charge in [-0.05, 0) is 70.5 Å². The second kappa shape index (κ2) is 19.9. The first-order valence-corrected chi connectivity index (χ1v) is 22.7. The molecule has 2 aromatic carbocycles. The summed E-state index contributed by atoms with van der Waals surface area (Å²) in [6.07, 6.45) is -9.99. The van der Waals surface area contributed by atoms with Crippen LogP contribution in [0.1, 0.15) is 90.2 Å². The summed E-state index contributed by atoms with van der Waals surface area (Å²) in [5.74, 6) is -7.11. The summed E-state index contributed by atoms with van der Waals surface area (Å²) in [6.45, 7) is 11.2. The fraction of sp³-hybridized carbons (Fsp3) is 0.580. The lowest BCUT2D eigenvalue weighted by atomic mass is 9.44. The van der Waals surface area contributed by atoms with E-state index in [2.05, 4.69) is 5.32 Å². The summed E-state index contributed by atoms with van der Waals surface area (Å²) >= 11 is 0. The highest BCUT2D eigenvalue weighted by molar-refractivity contribution is 5.94. The van der Waals surface area contributed by atoms with Crippen molar-refractivity contribution in [3.05, 3.63) is 82.9 Å². The van der Waals surface area contributed by atoms with Crippen molar-refractivity contribution >= 4 is 41.7 Å². The highest BCUT2D eigenvalue weighted by atomic mass is 16.6. The van der Waals surface area contributed by atoms with E-state index < -0.39 is 137 Å². The molecule has 0 radical (unpaired) electrons. The topological polar surface area (TPSA) is 249 Å². The van der Waals surface area contributed by atoms with Crippen LogP contribution in [0.5, 0.6) is 0 Å². The minimum absolute atomic E-state index is 0.0739. The molecule has 2 bridgehead atoms. The summed E-state index contributed by atoms with van der Waals surface area (Å²) < 4.78 is 48.7. The van der Waals surface area contributed by atoms with Crippen molar-refractivity contribution in [2.45, 2.75) is 128 Å². The number of nitrogens with zero attached hydrogens (tertiary/aromatic N) is 1. The number of methoxy groups -OCH3 is 2. The molecular weight excluding hydrogens is 901 g/mol. The summed E-state index contributed by atoms with van der Waals surface area (Å²) in [4.78, 5) is 98.3. The molecular formula is C50H64N2O17. The third-order valence-corrected chi connectivity index (χ3v) is 14.1. The Kier molecular flexibility index (Phi) is 15.2. The number of aliphatic carboxylic acids is 1. The number of carboxylic acids is 1. The third-order valence-electron chi connectivity index (χ3n) is 14.1. The second-order valence-electron chi connectivity index (χ2n) is 20.0. The smallest absolute Gasteiger partial charge is 0.408 e. The molecule has 3 fully saturated rings. The molecule has 2 aromatic rings. The van der Waals surface area contributed by atoms with E-state index in [0.717, 1.165) is 4.90 Å². The molecule has 1 amide bonds. The summed E-state index contributed by atoms with van der Waals surface area (Å²) in [5.41, 5.74) is -7.48. The number of carbonyl (C=O) groups is 7. The zero-order chi connectivity index (χ0) is 51.0. The molecule has 6 rings (SSSR count). The number of esters is 4. The second-order valence-corrected chi connectivity index (χ2v) is 20.0. The number of carbonyl (C=O) groups excluding carboxylic acids is 6. The number of fused-ring (bicyclic) bond motifs is 5. The highest BCUT2D eigenvalue weighted by Gasteiger charge is 2.78. The van der Waals surface area contributed by atoms with Gasteiger partial charge in [0.2, 0.25) is 6.10 Å². The maximum Gasteiger partial charge on any atom is 0.408 e. The van der Waals surface area contributed by atoms with Gasteiger partial charge in [0.15, 0.2) is 11.4 Å². The van der Waals surface area contributed by atoms with E-state index in [9.17, 15) is 34.2 Å². The zero-order valence-electron chi connectivity index (χ0n) is 40.9. The van der Waals surface area contributed by atoms with Crippen LogP contribution in [0.2, 0.25) is 0 Å². The predicted molar refractivity (Wildman–Crippen MR) is 242 cm³/mol. The fourth-order valence-corrected chi connectivity index (χ4v) is 10.9. The van der Waals surface area contributed by atoms with Crippen molar-refractivity contribution in [3.63, 3.8) is 0 Å². The first-order chi connectivity index (χ1) is 32.2. The van der Waals surface area contributed by atoms with Crippen molar-refractivity contribution in [1.29, 1.82) is 0 Å². The monoisotopic (exact) mass is 964 g/mol. The van der Waals surface area contributed by atoms with Gasteiger partial charge in [-0.1, -0.05) is 62.4 Å². The molecule has 376 valence electrons. The van der Waals surface area contributed by atoms with Crippen molar-refractivity contribution in [2.75, 3.05) is 41.0 Å². The maximum absolute atomic E-state index is 15.8. The Hall–Kier alpha value is -5.73. The third kappa shape index (κ3) is 10.0. The number of ether oxygens (including phenoxy) is 8. The normalized spacial score (nSPS) is 30.1. The van der Waals surface area contributed by atoms with E-state index >= 15 is 9.59 Å². The molecule has 3 aliphatic carbocycles. The van der Waals surface area contributed by atoms with Gasteiger partial charge >= 0.3 is 35.9 Å². The molecule has 1 heterocycles. The molecule has 0 spiro atoms. The number of rotatable bonds is 15. The van der Waals surface area contributed by atoms with E-state index in [1.807, 2.05) is 0 Å². The Bertz CT molecular complexity index is 2330. The number of likely N-dealkylation sites (N-methyl/N-ethyl adjacent to an activating group) is 1. The first kappa shape index (κ1) is 52.6. The van der Waals surface area contributed by atoms with E-state index in [-0.39, 0.29) is 35.3 Å². The van der Waals surface area contributed by atoms with Crippen LogP contribution >= 0.6 is 0 Å². The SMILES string of the molecule is CO[C@H]1C(=O)[C@]2(C)[C@@H](OC)C[C@H]3OC[C@@]3(OC(C)=O)[C@H]2[C@H](OC(=O)c2ccccc2)[C@]2(O)C[C@H](OC(=O)[C@H](OC(=O)CN(C)CC(=O)O)[C@@H](NC(=O)OC(C)(C)C)c3ccccc3)C(C)=C1C2(C)C. The lowest BCUT2D eigenvalue weighted by Gasteiger charge is -2.67. The number of benzene rings is 2. The molecule has 1 saturated heterocycles. The van der Waals surface area contributed by atoms with Gasteiger partial charge in [0.25, 0.3) is 0 Å². The molecule has 2 saturated carbocycles. The number of hydrogen-bond acceptors (Lipinski definition) is 17. The van der Waals surface area contributed by atoms with Crippen molar-refractivity contribution in [1.82, 2.24) is 10.2 Å². The quantitative estimate of drug-likeness (QED) is 0.129. The van der Waals surface area contributed by atoms with Crippen LogP contribution in [0, 0.1) is 16.7 Å². The molecule has 3 N–H and O–H groups in total. The molecule has 4 aliphatic rings. The number of amides is 1. The largest absolute Gasteiger partial charge is 0.480 e. The minimum atomic E-state index is -2.33. The van der Waals surface area contributed by atoms with Gasteiger partial charge in [0.05, 0.1) is 42.7 Å². The highest BCUT2D eigenvalue weighted by Crippen LogP contribution is 2.65. The zero-order valence-corrected chi connectivity index (χ0v) is 40.9. The number of nitrogens with one attached hydrogen (secondary N) is 1. The van der Waals surface area contributed by atoms with Crippen molar-refractivity contribution in [2.24, 2.45) is 16.7 Å². The van der Waals surface area contributed by atoms with E-state index in [1.54, 1.807) is 97.0 Å². The van der Waals surface area contributed by atoms with E-state index in [0.29, 0.717) is 0 Å². The minimum Gasteiger partial charge on any atom is -0.480 e.